The number of rotatable bonds is 3. The highest BCUT2D eigenvalue weighted by Gasteiger charge is 2.47. The van der Waals surface area contributed by atoms with Gasteiger partial charge in [0.2, 0.25) is 0 Å². The molecule has 104 valence electrons. The molecule has 0 aromatic carbocycles. The van der Waals surface area contributed by atoms with Gasteiger partial charge in [0.05, 0.1) is 0 Å². The van der Waals surface area contributed by atoms with Gasteiger partial charge in [-0.15, -0.1) is 0 Å². The van der Waals surface area contributed by atoms with Crippen molar-refractivity contribution >= 4 is 0 Å². The van der Waals surface area contributed by atoms with E-state index in [1.807, 2.05) is 0 Å². The molecular weight excluding hydrogens is 222 g/mol. The number of aliphatic hydroxyl groups excluding tert-OH is 1. The zero-order valence-electron chi connectivity index (χ0n) is 11.7. The summed E-state index contributed by atoms with van der Waals surface area (Å²) in [6, 6.07) is 1.38. The highest BCUT2D eigenvalue weighted by atomic mass is 16.3. The Labute approximate surface area is 112 Å². The Morgan fingerprint density at radius 1 is 0.889 bits per heavy atom. The van der Waals surface area contributed by atoms with Crippen LogP contribution in [-0.4, -0.2) is 23.8 Å². The first-order chi connectivity index (χ1) is 8.84. The van der Waals surface area contributed by atoms with Crippen molar-refractivity contribution in [1.82, 2.24) is 5.32 Å². The predicted molar refractivity (Wildman–Crippen MR) is 74.5 cm³/mol. The number of nitrogens with one attached hydrogen (secondary N) is 1. The molecule has 0 amide bonds. The van der Waals surface area contributed by atoms with E-state index in [4.69, 9.17) is 0 Å². The summed E-state index contributed by atoms with van der Waals surface area (Å²) >= 11 is 0. The van der Waals surface area contributed by atoms with Gasteiger partial charge >= 0.3 is 0 Å². The van der Waals surface area contributed by atoms with Crippen molar-refractivity contribution in [3.63, 3.8) is 0 Å². The van der Waals surface area contributed by atoms with Crippen LogP contribution in [0, 0.1) is 11.3 Å². The highest BCUT2D eigenvalue weighted by molar-refractivity contribution is 5.03. The summed E-state index contributed by atoms with van der Waals surface area (Å²) in [6.45, 7) is 0.386. The van der Waals surface area contributed by atoms with Crippen LogP contribution in [0.4, 0.5) is 0 Å². The van der Waals surface area contributed by atoms with E-state index in [1.165, 1.54) is 70.6 Å². The molecule has 18 heavy (non-hydrogen) atoms. The molecule has 0 aromatic heterocycles. The summed E-state index contributed by atoms with van der Waals surface area (Å²) in [5.41, 5.74) is 0.662. The normalized spacial score (nSPS) is 39.5. The fourth-order valence-corrected chi connectivity index (χ4v) is 4.72. The smallest absolute Gasteiger partial charge is 0.0474 e. The minimum absolute atomic E-state index is 0.386. The van der Waals surface area contributed by atoms with Crippen LogP contribution in [0.15, 0.2) is 0 Å². The van der Waals surface area contributed by atoms with Gasteiger partial charge in [-0.25, -0.2) is 0 Å². The van der Waals surface area contributed by atoms with Gasteiger partial charge in [0, 0.05) is 18.7 Å². The Kier molecular flexibility index (Phi) is 3.95. The molecule has 0 radical (unpaired) electrons. The molecule has 3 atom stereocenters. The largest absolute Gasteiger partial charge is 0.396 e. The summed E-state index contributed by atoms with van der Waals surface area (Å²) in [5, 5.41) is 13.5. The maximum Gasteiger partial charge on any atom is 0.0474 e. The van der Waals surface area contributed by atoms with E-state index in [1.54, 1.807) is 0 Å². The molecule has 0 aromatic rings. The molecule has 0 aliphatic heterocycles. The minimum Gasteiger partial charge on any atom is -0.396 e. The standard InChI is InChI=1S/C16H29NO/c18-12-13-6-2-3-7-14(13)17-15-8-11-16(15)9-4-1-5-10-16/h13-15,17-18H,1-12H2. The fraction of sp³-hybridized carbons (Fsp3) is 1.00. The molecule has 3 fully saturated rings. The Morgan fingerprint density at radius 2 is 1.67 bits per heavy atom. The van der Waals surface area contributed by atoms with Crippen molar-refractivity contribution in [2.45, 2.75) is 82.7 Å². The second kappa shape index (κ2) is 5.50. The molecule has 3 aliphatic rings. The quantitative estimate of drug-likeness (QED) is 0.807. The van der Waals surface area contributed by atoms with Crippen molar-refractivity contribution in [2.75, 3.05) is 6.61 Å². The van der Waals surface area contributed by atoms with Gasteiger partial charge in [-0.3, -0.25) is 0 Å². The molecule has 2 N–H and O–H groups in total. The van der Waals surface area contributed by atoms with Crippen molar-refractivity contribution < 1.29 is 5.11 Å². The molecule has 3 rings (SSSR count). The summed E-state index contributed by atoms with van der Waals surface area (Å²) in [4.78, 5) is 0. The van der Waals surface area contributed by atoms with E-state index in [9.17, 15) is 5.11 Å². The van der Waals surface area contributed by atoms with Crippen molar-refractivity contribution in [3.05, 3.63) is 0 Å². The number of hydrogen-bond donors (Lipinski definition) is 2. The second-order valence-corrected chi connectivity index (χ2v) is 7.01. The van der Waals surface area contributed by atoms with Gasteiger partial charge in [-0.05, 0) is 49.9 Å². The van der Waals surface area contributed by atoms with E-state index in [0.29, 0.717) is 24.0 Å². The maximum absolute atomic E-state index is 9.53. The fourth-order valence-electron chi connectivity index (χ4n) is 4.72. The Hall–Kier alpha value is -0.0800. The lowest BCUT2D eigenvalue weighted by atomic mass is 9.57. The van der Waals surface area contributed by atoms with E-state index < -0.39 is 0 Å². The van der Waals surface area contributed by atoms with Gasteiger partial charge in [-0.2, -0.15) is 0 Å². The summed E-state index contributed by atoms with van der Waals surface area (Å²) in [6.07, 6.45) is 15.3. The van der Waals surface area contributed by atoms with E-state index in [2.05, 4.69) is 5.32 Å². The molecule has 3 unspecified atom stereocenters. The van der Waals surface area contributed by atoms with Crippen LogP contribution in [0.3, 0.4) is 0 Å². The third-order valence-electron chi connectivity index (χ3n) is 6.08. The molecule has 1 spiro atoms. The van der Waals surface area contributed by atoms with Crippen LogP contribution in [0.25, 0.3) is 0 Å². The average molecular weight is 251 g/mol. The topological polar surface area (TPSA) is 32.3 Å². The molecule has 3 aliphatic carbocycles. The Morgan fingerprint density at radius 3 is 2.33 bits per heavy atom. The average Bonchev–Trinajstić information content (AvgIpc) is 2.45. The van der Waals surface area contributed by atoms with Crippen LogP contribution < -0.4 is 5.32 Å². The summed E-state index contributed by atoms with van der Waals surface area (Å²) in [5.74, 6) is 0.528. The summed E-state index contributed by atoms with van der Waals surface area (Å²) in [7, 11) is 0. The van der Waals surface area contributed by atoms with Crippen LogP contribution in [0.1, 0.15) is 70.6 Å². The molecule has 2 nitrogen and oxygen atoms in total. The van der Waals surface area contributed by atoms with Crippen molar-refractivity contribution in [3.8, 4) is 0 Å². The molecule has 0 bridgehead atoms. The van der Waals surface area contributed by atoms with Crippen LogP contribution in [-0.2, 0) is 0 Å². The molecule has 0 heterocycles. The van der Waals surface area contributed by atoms with Gasteiger partial charge in [0.25, 0.3) is 0 Å². The monoisotopic (exact) mass is 251 g/mol. The molecule has 3 saturated carbocycles. The van der Waals surface area contributed by atoms with Crippen LogP contribution >= 0.6 is 0 Å². The van der Waals surface area contributed by atoms with Gasteiger partial charge < -0.3 is 10.4 Å². The van der Waals surface area contributed by atoms with Gasteiger partial charge in [0.15, 0.2) is 0 Å². The predicted octanol–water partition coefficient (Wildman–Crippen LogP) is 3.24. The van der Waals surface area contributed by atoms with E-state index in [-0.39, 0.29) is 0 Å². The van der Waals surface area contributed by atoms with E-state index >= 15 is 0 Å². The Balaban J connectivity index is 1.58. The first-order valence-electron chi connectivity index (χ1n) is 8.21. The third kappa shape index (κ3) is 2.34. The van der Waals surface area contributed by atoms with Crippen LogP contribution in [0.5, 0.6) is 0 Å². The number of aliphatic hydroxyl groups is 1. The number of hydrogen-bond acceptors (Lipinski definition) is 2. The maximum atomic E-state index is 9.53. The lowest BCUT2D eigenvalue weighted by Crippen LogP contribution is -2.58. The first-order valence-corrected chi connectivity index (χ1v) is 8.21. The van der Waals surface area contributed by atoms with Crippen molar-refractivity contribution in [2.24, 2.45) is 11.3 Å². The first kappa shape index (κ1) is 12.9. The lowest BCUT2D eigenvalue weighted by molar-refractivity contribution is 0.00395. The summed E-state index contributed by atoms with van der Waals surface area (Å²) < 4.78 is 0. The van der Waals surface area contributed by atoms with Gasteiger partial charge in [-0.1, -0.05) is 32.1 Å². The molecule has 2 heteroatoms. The highest BCUT2D eigenvalue weighted by Crippen LogP contribution is 2.52. The zero-order chi connectivity index (χ0) is 12.4. The van der Waals surface area contributed by atoms with E-state index in [0.717, 1.165) is 6.04 Å². The molecular formula is C16H29NO. The second-order valence-electron chi connectivity index (χ2n) is 7.01. The SMILES string of the molecule is OCC1CCCCC1NC1CCC12CCCCC2. The third-order valence-corrected chi connectivity index (χ3v) is 6.08. The zero-order valence-corrected chi connectivity index (χ0v) is 11.7. The Bertz CT molecular complexity index is 272. The minimum atomic E-state index is 0.386. The van der Waals surface area contributed by atoms with Crippen LogP contribution in [0.2, 0.25) is 0 Å². The van der Waals surface area contributed by atoms with Gasteiger partial charge in [0.1, 0.15) is 0 Å². The lowest BCUT2D eigenvalue weighted by Gasteiger charge is -2.54. The van der Waals surface area contributed by atoms with Crippen molar-refractivity contribution in [1.29, 1.82) is 0 Å². The molecule has 0 saturated heterocycles.